The van der Waals surface area contributed by atoms with E-state index in [1.807, 2.05) is 0 Å². The number of carbonyl (C=O) groups excluding carboxylic acids is 1. The molecule has 2 unspecified atom stereocenters. The highest BCUT2D eigenvalue weighted by molar-refractivity contribution is 7.87. The molecule has 2 aliphatic rings. The Morgan fingerprint density at radius 2 is 1.17 bits per heavy atom. The first kappa shape index (κ1) is 67.2. The van der Waals surface area contributed by atoms with Crippen molar-refractivity contribution < 1.29 is 114 Å². The number of methoxy groups -OCH3 is 1. The van der Waals surface area contributed by atoms with Crippen molar-refractivity contribution in [3.05, 3.63) is 131 Å². The quantitative estimate of drug-likeness (QED) is 0.00570. The molecule has 2 aliphatic heterocycles. The summed E-state index contributed by atoms with van der Waals surface area (Å²) in [6.45, 7) is 5.51. The molecule has 0 fully saturated rings. The highest BCUT2D eigenvalue weighted by atomic mass is 32.2. The Balaban J connectivity index is 1.27. The summed E-state index contributed by atoms with van der Waals surface area (Å²) in [5, 5.41) is -0.298. The fourth-order valence-electron chi connectivity index (χ4n) is 11.0. The van der Waals surface area contributed by atoms with Gasteiger partial charge in [0.1, 0.15) is 31.3 Å². The van der Waals surface area contributed by atoms with E-state index in [1.54, 1.807) is 72.8 Å². The maximum absolute atomic E-state index is 14.6. The third-order valence-electron chi connectivity index (χ3n) is 14.7. The Morgan fingerprint density at radius 3 is 1.69 bits per heavy atom. The number of anilines is 1. The highest BCUT2D eigenvalue weighted by Crippen LogP contribution is 2.54. The van der Waals surface area contributed by atoms with E-state index in [9.17, 15) is 100 Å². The van der Waals surface area contributed by atoms with Gasteiger partial charge >= 0.3 is 5.97 Å². The van der Waals surface area contributed by atoms with Gasteiger partial charge < -0.3 is 18.9 Å². The van der Waals surface area contributed by atoms with Gasteiger partial charge in [-0.05, 0) is 112 Å². The topological polar surface area (TPSA) is 371 Å². The van der Waals surface area contributed by atoms with Crippen LogP contribution in [0, 0.1) is 23.3 Å². The van der Waals surface area contributed by atoms with Gasteiger partial charge in [-0.3, -0.25) is 27.6 Å². The Labute approximate surface area is 492 Å². The molecule has 86 heavy (non-hydrogen) atoms. The largest absolute Gasteiger partial charge is 0.744 e. The van der Waals surface area contributed by atoms with Crippen LogP contribution in [0.3, 0.4) is 0 Å². The maximum Gasteiger partial charge on any atom is 0.311 e. The molecule has 0 saturated carbocycles. The van der Waals surface area contributed by atoms with Crippen LogP contribution in [-0.2, 0) is 81.1 Å². The molecule has 0 saturated heterocycles. The molecule has 466 valence electrons. The number of fused-ring (bicyclic) bond motifs is 6. The second-order valence-electron chi connectivity index (χ2n) is 20.3. The first-order valence-electron chi connectivity index (χ1n) is 25.5. The van der Waals surface area contributed by atoms with Gasteiger partial charge in [0.25, 0.3) is 50.6 Å². The number of carbonyl (C=O) groups is 1. The molecule has 0 radical (unpaired) electrons. The van der Waals surface area contributed by atoms with Crippen LogP contribution in [-0.4, -0.2) is 127 Å². The van der Waals surface area contributed by atoms with Crippen LogP contribution in [0.25, 0.3) is 21.5 Å². The molecule has 0 amide bonds. The van der Waals surface area contributed by atoms with Gasteiger partial charge in [0.05, 0.1) is 21.0 Å². The van der Waals surface area contributed by atoms with Crippen molar-refractivity contribution in [1.82, 2.24) is 0 Å². The summed E-state index contributed by atoms with van der Waals surface area (Å²) >= 11 is 0. The lowest BCUT2D eigenvalue weighted by Crippen LogP contribution is -2.33. The van der Waals surface area contributed by atoms with E-state index in [1.165, 1.54) is 31.4 Å². The molecular formula is C53H54F4N2O21S6. The van der Waals surface area contributed by atoms with Crippen molar-refractivity contribution >= 4 is 105 Å². The molecule has 23 nitrogen and oxygen atoms in total. The smallest absolute Gasteiger partial charge is 0.311 e. The zero-order valence-corrected chi connectivity index (χ0v) is 50.5. The second kappa shape index (κ2) is 24.7. The Bertz CT molecular complexity index is 4500. The van der Waals surface area contributed by atoms with Gasteiger partial charge in [-0.2, -0.15) is 55.4 Å². The Hall–Kier alpha value is -6.34. The fraction of sp³-hybridized carbons (Fsp3) is 0.321. The molecule has 5 aromatic carbocycles. The molecular weight excluding hydrogens is 1270 g/mol. The molecule has 5 N–H and O–H groups in total. The van der Waals surface area contributed by atoms with Gasteiger partial charge in [-0.25, -0.2) is 17.2 Å². The van der Waals surface area contributed by atoms with Crippen molar-refractivity contribution in [3.63, 3.8) is 0 Å². The SMILES string of the molecule is CCN1C(=CC=CC=CC=CC2=[N+](CCCCCC(=O)Oc3c(F)c(F)c(S(=O)(=O)[O-])c(F)c3F)c3ccc4c(S(=O)(=O)O)cc(S(=O)(=O)O)cc4c3C2(C)CCOC)C(C)(CCCS(=O)(=O)O)c2c1ccc1c(S(=O)(=O)O)cc(S(=O)(=O)O)cc21. The van der Waals surface area contributed by atoms with Crippen LogP contribution in [0.1, 0.15) is 76.8 Å². The van der Waals surface area contributed by atoms with E-state index in [2.05, 4.69) is 4.74 Å². The summed E-state index contributed by atoms with van der Waals surface area (Å²) in [5.74, 6) is -14.2. The first-order valence-corrected chi connectivity index (χ1v) is 34.2. The summed E-state index contributed by atoms with van der Waals surface area (Å²) in [5.41, 5.74) is -0.124. The molecule has 0 bridgehead atoms. The zero-order chi connectivity index (χ0) is 64.1. The average molecular weight is 1320 g/mol. The van der Waals surface area contributed by atoms with Crippen LogP contribution in [0.2, 0.25) is 0 Å². The fourth-order valence-corrected chi connectivity index (χ4v) is 14.8. The first-order chi connectivity index (χ1) is 39.7. The summed E-state index contributed by atoms with van der Waals surface area (Å²) in [6, 6.07) is 8.93. The van der Waals surface area contributed by atoms with Crippen molar-refractivity contribution in [2.75, 3.05) is 37.5 Å². The Morgan fingerprint density at radius 1 is 0.640 bits per heavy atom. The van der Waals surface area contributed by atoms with E-state index in [0.717, 1.165) is 12.1 Å². The minimum Gasteiger partial charge on any atom is -0.744 e. The summed E-state index contributed by atoms with van der Waals surface area (Å²) < 4.78 is 279. The number of nitrogens with zero attached hydrogens (tertiary/aromatic N) is 2. The van der Waals surface area contributed by atoms with Crippen LogP contribution in [0.4, 0.5) is 28.9 Å². The number of unbranched alkanes of at least 4 members (excludes halogenated alkanes) is 2. The second-order valence-corrected chi connectivity index (χ2v) is 28.8. The van der Waals surface area contributed by atoms with Crippen LogP contribution in [0.15, 0.2) is 121 Å². The molecule has 2 heterocycles. The van der Waals surface area contributed by atoms with Crippen molar-refractivity contribution in [1.29, 1.82) is 0 Å². The zero-order valence-electron chi connectivity index (χ0n) is 45.6. The van der Waals surface area contributed by atoms with Gasteiger partial charge in [0, 0.05) is 78.4 Å². The molecule has 2 atom stereocenters. The summed E-state index contributed by atoms with van der Waals surface area (Å²) in [4.78, 5) is 8.63. The predicted molar refractivity (Wildman–Crippen MR) is 301 cm³/mol. The molecule has 33 heteroatoms. The van der Waals surface area contributed by atoms with Crippen LogP contribution in [0.5, 0.6) is 5.75 Å². The number of halogens is 4. The molecule has 5 aromatic rings. The summed E-state index contributed by atoms with van der Waals surface area (Å²) in [7, 11) is -29.6. The number of allylic oxidation sites excluding steroid dienone is 8. The van der Waals surface area contributed by atoms with Crippen LogP contribution < -0.4 is 9.64 Å². The molecule has 7 rings (SSSR count). The number of ether oxygens (including phenoxy) is 2. The number of hydrogen-bond donors (Lipinski definition) is 5. The van der Waals surface area contributed by atoms with Crippen molar-refractivity contribution in [3.8, 4) is 5.75 Å². The normalized spacial score (nSPS) is 18.5. The third kappa shape index (κ3) is 13.7. The molecule has 0 spiro atoms. The highest BCUT2D eigenvalue weighted by Gasteiger charge is 2.49. The Kier molecular flexibility index (Phi) is 19.3. The van der Waals surface area contributed by atoms with Gasteiger partial charge in [-0.1, -0.05) is 36.4 Å². The number of likely N-dealkylation sites (N-methyl/N-ethyl adjacent to an activating group) is 1. The minimum absolute atomic E-state index is 0.0163. The summed E-state index contributed by atoms with van der Waals surface area (Å²) in [6.07, 6.45) is 10.8. The van der Waals surface area contributed by atoms with E-state index in [-0.39, 0.29) is 79.8 Å². The van der Waals surface area contributed by atoms with Gasteiger partial charge in [0.15, 0.2) is 17.3 Å². The van der Waals surface area contributed by atoms with E-state index < -0.39 is 143 Å². The maximum atomic E-state index is 14.6. The van der Waals surface area contributed by atoms with Crippen LogP contribution >= 0.6 is 0 Å². The average Bonchev–Trinajstić information content (AvgIpc) is 1.53. The number of hydrogen-bond acceptors (Lipinski definition) is 17. The van der Waals surface area contributed by atoms with E-state index in [4.69, 9.17) is 4.74 Å². The van der Waals surface area contributed by atoms with Crippen molar-refractivity contribution in [2.24, 2.45) is 0 Å². The van der Waals surface area contributed by atoms with Gasteiger partial charge in [-0.15, -0.1) is 0 Å². The standard InChI is InChI=1S/C53H54F4N2O21S6/c1-5-58-37-20-18-33-35(27-31(82(64,65)66)29-39(33)84(70,71)72)44(37)52(2,22-14-26-81(61,62)63)41(58)15-10-7-6-8-11-16-42-53(3,23-25-79-4)45-36-28-32(83(67,68)69)30-40(85(73,74)75)34(36)19-21-38(45)59(42)24-13-9-12-17-43(60)80-50-46(54)48(56)51(86(76,77)78)49(57)47(50)55/h6-8,10-11,15-16,18-21,27-30H,5,9,12-14,17,22-26H2,1-4H3,(H5-,61,62,63,64,65,66,67,68,69,70,71,72,73,74,75,76,77,78). The number of esters is 1. The molecule has 0 aliphatic carbocycles. The predicted octanol–water partition coefficient (Wildman–Crippen LogP) is 8.02. The molecule has 0 aromatic heterocycles. The monoisotopic (exact) mass is 1320 g/mol. The number of rotatable bonds is 24. The lowest BCUT2D eigenvalue weighted by Gasteiger charge is -2.30. The lowest BCUT2D eigenvalue weighted by atomic mass is 9.75. The lowest BCUT2D eigenvalue weighted by molar-refractivity contribution is -0.438. The third-order valence-corrected chi connectivity index (χ3v) is 19.8. The van der Waals surface area contributed by atoms with Gasteiger partial charge in [0.2, 0.25) is 23.1 Å². The van der Waals surface area contributed by atoms with Crippen molar-refractivity contribution in [2.45, 2.75) is 101 Å². The minimum atomic E-state index is -6.05. The van der Waals surface area contributed by atoms with E-state index in [0.29, 0.717) is 46.0 Å². The van der Waals surface area contributed by atoms with E-state index >= 15 is 0 Å². The number of benzene rings is 5.